The number of rotatable bonds is 4. The molecule has 0 aliphatic heterocycles. The first-order valence-corrected chi connectivity index (χ1v) is 10.8. The predicted molar refractivity (Wildman–Crippen MR) is 114 cm³/mol. The standard InChI is InChI=1S/C19H12Cl4O5S/c20-10-5-6-12(17(24)7-10)19(29(26,27)28,11-3-1-2-4-14(11)21)13-8-15(22)16(23)9-18(13)25/h1-9,24-25H,(H,26,27,28). The Bertz CT molecular complexity index is 1210. The molecule has 29 heavy (non-hydrogen) atoms. The van der Waals surface area contributed by atoms with Crippen LogP contribution < -0.4 is 0 Å². The Hall–Kier alpha value is -1.67. The molecule has 0 fully saturated rings. The molecule has 0 heterocycles. The van der Waals surface area contributed by atoms with E-state index in [-0.39, 0.29) is 36.8 Å². The van der Waals surface area contributed by atoms with Crippen LogP contribution >= 0.6 is 46.4 Å². The van der Waals surface area contributed by atoms with Crippen LogP contribution in [0.15, 0.2) is 54.6 Å². The maximum absolute atomic E-state index is 13.0. The molecule has 10 heteroatoms. The number of hydrogen-bond donors (Lipinski definition) is 3. The van der Waals surface area contributed by atoms with Gasteiger partial charge in [0.25, 0.3) is 10.1 Å². The van der Waals surface area contributed by atoms with Crippen molar-refractivity contribution in [3.8, 4) is 11.5 Å². The highest BCUT2D eigenvalue weighted by atomic mass is 35.5. The number of phenolic OH excluding ortho intramolecular Hbond substituents is 2. The molecule has 3 rings (SSSR count). The van der Waals surface area contributed by atoms with Crippen molar-refractivity contribution in [3.63, 3.8) is 0 Å². The van der Waals surface area contributed by atoms with Gasteiger partial charge in [-0.3, -0.25) is 4.55 Å². The van der Waals surface area contributed by atoms with E-state index in [1.165, 1.54) is 30.3 Å². The van der Waals surface area contributed by atoms with E-state index in [9.17, 15) is 23.2 Å². The third-order valence-electron chi connectivity index (χ3n) is 4.40. The summed E-state index contributed by atoms with van der Waals surface area (Å²) in [6, 6.07) is 11.5. The second-order valence-electron chi connectivity index (χ2n) is 6.08. The van der Waals surface area contributed by atoms with Crippen LogP contribution in [0.4, 0.5) is 0 Å². The summed E-state index contributed by atoms with van der Waals surface area (Å²) < 4.78 is 33.8. The minimum Gasteiger partial charge on any atom is -0.508 e. The average molecular weight is 494 g/mol. The Balaban J connectivity index is 2.63. The third kappa shape index (κ3) is 3.65. The molecule has 1 atom stereocenters. The molecule has 0 spiro atoms. The number of halogens is 4. The summed E-state index contributed by atoms with van der Waals surface area (Å²) in [5.74, 6) is -1.15. The first-order valence-electron chi connectivity index (χ1n) is 7.89. The van der Waals surface area contributed by atoms with Crippen LogP contribution in [-0.2, 0) is 14.9 Å². The zero-order chi connectivity index (χ0) is 21.6. The first-order chi connectivity index (χ1) is 13.5. The number of aromatic hydroxyl groups is 2. The fourth-order valence-corrected chi connectivity index (χ4v) is 5.39. The Morgan fingerprint density at radius 3 is 1.86 bits per heavy atom. The minimum absolute atomic E-state index is 0.0448. The van der Waals surface area contributed by atoms with Gasteiger partial charge in [0, 0.05) is 32.8 Å². The van der Waals surface area contributed by atoms with Crippen molar-refractivity contribution in [2.24, 2.45) is 0 Å². The highest BCUT2D eigenvalue weighted by Gasteiger charge is 2.52. The van der Waals surface area contributed by atoms with Crippen molar-refractivity contribution < 1.29 is 23.2 Å². The summed E-state index contributed by atoms with van der Waals surface area (Å²) in [6.07, 6.45) is 0. The molecule has 0 aromatic heterocycles. The molecular weight excluding hydrogens is 482 g/mol. The second-order valence-corrected chi connectivity index (χ2v) is 9.30. The maximum Gasteiger partial charge on any atom is 0.283 e. The van der Waals surface area contributed by atoms with Crippen molar-refractivity contribution in [2.75, 3.05) is 0 Å². The van der Waals surface area contributed by atoms with Gasteiger partial charge in [0.05, 0.1) is 10.0 Å². The number of phenols is 2. The van der Waals surface area contributed by atoms with E-state index >= 15 is 0 Å². The molecule has 5 nitrogen and oxygen atoms in total. The van der Waals surface area contributed by atoms with Gasteiger partial charge in [-0.25, -0.2) is 0 Å². The van der Waals surface area contributed by atoms with E-state index in [2.05, 4.69) is 0 Å². The molecule has 0 saturated carbocycles. The summed E-state index contributed by atoms with van der Waals surface area (Å²) in [4.78, 5) is 0. The van der Waals surface area contributed by atoms with E-state index in [4.69, 9.17) is 46.4 Å². The fraction of sp³-hybridized carbons (Fsp3) is 0.0526. The van der Waals surface area contributed by atoms with Crippen LogP contribution in [0.25, 0.3) is 0 Å². The van der Waals surface area contributed by atoms with E-state index in [1.807, 2.05) is 0 Å². The highest BCUT2D eigenvalue weighted by Crippen LogP contribution is 2.52. The molecule has 0 radical (unpaired) electrons. The van der Waals surface area contributed by atoms with Crippen molar-refractivity contribution >= 4 is 56.5 Å². The smallest absolute Gasteiger partial charge is 0.283 e. The van der Waals surface area contributed by atoms with E-state index in [0.29, 0.717) is 0 Å². The molecule has 3 aromatic carbocycles. The third-order valence-corrected chi connectivity index (χ3v) is 7.12. The van der Waals surface area contributed by atoms with Crippen molar-refractivity contribution in [1.29, 1.82) is 0 Å². The SMILES string of the molecule is O=S(=O)(O)C(c1ccc(Cl)cc1O)(c1cc(Cl)c(Cl)cc1O)c1ccccc1Cl. The van der Waals surface area contributed by atoms with Crippen molar-refractivity contribution in [2.45, 2.75) is 4.75 Å². The van der Waals surface area contributed by atoms with Gasteiger partial charge in [0.2, 0.25) is 0 Å². The first kappa shape index (κ1) is 22.0. The lowest BCUT2D eigenvalue weighted by Gasteiger charge is -2.34. The summed E-state index contributed by atoms with van der Waals surface area (Å²) in [5.41, 5.74) is -0.790. The van der Waals surface area contributed by atoms with Gasteiger partial charge >= 0.3 is 0 Å². The van der Waals surface area contributed by atoms with Gasteiger partial charge in [-0.15, -0.1) is 0 Å². The van der Waals surface area contributed by atoms with Gasteiger partial charge in [-0.05, 0) is 24.3 Å². The van der Waals surface area contributed by atoms with Crippen LogP contribution in [0.2, 0.25) is 20.1 Å². The molecule has 3 aromatic rings. The minimum atomic E-state index is -5.14. The van der Waals surface area contributed by atoms with Crippen molar-refractivity contribution in [3.05, 3.63) is 91.4 Å². The maximum atomic E-state index is 13.0. The Morgan fingerprint density at radius 2 is 1.28 bits per heavy atom. The summed E-state index contributed by atoms with van der Waals surface area (Å²) in [5, 5.41) is 21.1. The molecule has 0 bridgehead atoms. The summed E-state index contributed by atoms with van der Waals surface area (Å²) in [7, 11) is -5.14. The van der Waals surface area contributed by atoms with Gasteiger partial charge in [0.15, 0.2) is 4.75 Å². The number of hydrogen-bond acceptors (Lipinski definition) is 4. The molecule has 0 saturated heterocycles. The largest absolute Gasteiger partial charge is 0.508 e. The summed E-state index contributed by atoms with van der Waals surface area (Å²) in [6.45, 7) is 0. The van der Waals surface area contributed by atoms with Gasteiger partial charge < -0.3 is 10.2 Å². The zero-order valence-corrected chi connectivity index (χ0v) is 18.1. The normalized spacial score (nSPS) is 13.8. The Morgan fingerprint density at radius 1 is 0.690 bits per heavy atom. The molecular formula is C19H12Cl4O5S. The lowest BCUT2D eigenvalue weighted by molar-refractivity contribution is 0.428. The fourth-order valence-electron chi connectivity index (χ4n) is 3.22. The van der Waals surface area contributed by atoms with E-state index in [0.717, 1.165) is 18.2 Å². The Kier molecular flexibility index (Phi) is 5.98. The molecule has 0 amide bonds. The monoisotopic (exact) mass is 492 g/mol. The van der Waals surface area contributed by atoms with Crippen LogP contribution in [0, 0.1) is 0 Å². The van der Waals surface area contributed by atoms with Gasteiger partial charge in [0.1, 0.15) is 11.5 Å². The molecule has 0 aliphatic carbocycles. The van der Waals surface area contributed by atoms with Crippen LogP contribution in [0.3, 0.4) is 0 Å². The lowest BCUT2D eigenvalue weighted by atomic mass is 9.83. The molecule has 0 aliphatic rings. The molecule has 152 valence electrons. The topological polar surface area (TPSA) is 94.8 Å². The quantitative estimate of drug-likeness (QED) is 0.311. The van der Waals surface area contributed by atoms with Gasteiger partial charge in [-0.2, -0.15) is 8.42 Å². The van der Waals surface area contributed by atoms with Crippen molar-refractivity contribution in [1.82, 2.24) is 0 Å². The number of benzene rings is 3. The van der Waals surface area contributed by atoms with E-state index < -0.39 is 26.4 Å². The summed E-state index contributed by atoms with van der Waals surface area (Å²) >= 11 is 24.2. The van der Waals surface area contributed by atoms with Crippen LogP contribution in [0.1, 0.15) is 16.7 Å². The molecule has 1 unspecified atom stereocenters. The second kappa shape index (κ2) is 7.87. The van der Waals surface area contributed by atoms with Crippen LogP contribution in [0.5, 0.6) is 11.5 Å². The predicted octanol–water partition coefficient (Wildman–Crippen LogP) is 5.89. The highest BCUT2D eigenvalue weighted by molar-refractivity contribution is 7.87. The Labute approximate surface area is 186 Å². The average Bonchev–Trinajstić information content (AvgIpc) is 2.61. The van der Waals surface area contributed by atoms with Gasteiger partial charge in [-0.1, -0.05) is 70.7 Å². The zero-order valence-electron chi connectivity index (χ0n) is 14.3. The van der Waals surface area contributed by atoms with E-state index in [1.54, 1.807) is 6.07 Å². The lowest BCUT2D eigenvalue weighted by Crippen LogP contribution is -2.38. The van der Waals surface area contributed by atoms with Crippen LogP contribution in [-0.4, -0.2) is 23.2 Å². The molecule has 3 N–H and O–H groups in total.